The summed E-state index contributed by atoms with van der Waals surface area (Å²) in [6, 6.07) is 68.4. The SMILES string of the molecule is c1ccc(-c2ccc(-n3c4ccccc4c4cccc(-n5c6ccccc6c6c(-n7c8ccccc8c8ccccc87)cccc65)c43)cc2)cc1. The molecule has 3 heteroatoms. The number of hydrogen-bond acceptors (Lipinski definition) is 0. The molecule has 0 N–H and O–H groups in total. The Morgan fingerprint density at radius 3 is 1.35 bits per heavy atom. The molecule has 3 nitrogen and oxygen atoms in total. The highest BCUT2D eigenvalue weighted by atomic mass is 15.1. The Bertz CT molecular complexity index is 3070. The van der Waals surface area contributed by atoms with Crippen LogP contribution in [-0.4, -0.2) is 13.7 Å². The van der Waals surface area contributed by atoms with Crippen molar-refractivity contribution in [2.75, 3.05) is 0 Å². The first-order valence-corrected chi connectivity index (χ1v) is 17.5. The zero-order chi connectivity index (χ0) is 33.5. The van der Waals surface area contributed by atoms with Crippen LogP contribution in [0.25, 0.3) is 93.6 Å². The largest absolute Gasteiger partial charge is 0.309 e. The van der Waals surface area contributed by atoms with Crippen LogP contribution in [0.4, 0.5) is 0 Å². The summed E-state index contributed by atoms with van der Waals surface area (Å²) < 4.78 is 7.39. The highest BCUT2D eigenvalue weighted by Gasteiger charge is 2.22. The predicted octanol–water partition coefficient (Wildman–Crippen LogP) is 12.6. The van der Waals surface area contributed by atoms with Crippen LogP contribution in [0.15, 0.2) is 188 Å². The van der Waals surface area contributed by atoms with Gasteiger partial charge < -0.3 is 13.7 Å². The molecule has 0 atom stereocenters. The fraction of sp³-hybridized carbons (Fsp3) is 0. The normalized spacial score (nSPS) is 11.9. The highest BCUT2D eigenvalue weighted by molar-refractivity contribution is 6.18. The zero-order valence-corrected chi connectivity index (χ0v) is 27.7. The molecule has 11 rings (SSSR count). The Kier molecular flexibility index (Phi) is 5.96. The molecular weight excluding hydrogens is 619 g/mol. The number of aromatic nitrogens is 3. The van der Waals surface area contributed by atoms with Gasteiger partial charge in [0.05, 0.1) is 44.5 Å². The minimum atomic E-state index is 1.14. The average molecular weight is 650 g/mol. The first-order valence-electron chi connectivity index (χ1n) is 17.5. The van der Waals surface area contributed by atoms with E-state index in [9.17, 15) is 0 Å². The molecule has 3 heterocycles. The molecule has 0 bridgehead atoms. The van der Waals surface area contributed by atoms with Gasteiger partial charge in [-0.3, -0.25) is 0 Å². The molecule has 51 heavy (non-hydrogen) atoms. The van der Waals surface area contributed by atoms with E-state index in [1.54, 1.807) is 0 Å². The van der Waals surface area contributed by atoms with E-state index in [0.717, 1.165) is 11.4 Å². The summed E-state index contributed by atoms with van der Waals surface area (Å²) in [5.74, 6) is 0. The number of benzene rings is 8. The summed E-state index contributed by atoms with van der Waals surface area (Å²) in [7, 11) is 0. The molecule has 11 aromatic rings. The standard InChI is InChI=1S/C48H31N3/c1-2-14-32(15-3-1)33-28-30-34(31-29-33)49-40-21-8-6-18-37(40)38-20-12-27-46(48(38)49)51-43-24-11-7-19-39(43)47-44(25-13-26-45(47)51)50-41-22-9-4-16-35(41)36-17-5-10-23-42(36)50/h1-31H. The molecule has 0 amide bonds. The van der Waals surface area contributed by atoms with Gasteiger partial charge in [0.15, 0.2) is 0 Å². The predicted molar refractivity (Wildman–Crippen MR) is 215 cm³/mol. The molecule has 3 aromatic heterocycles. The van der Waals surface area contributed by atoms with Crippen molar-refractivity contribution in [3.05, 3.63) is 188 Å². The van der Waals surface area contributed by atoms with Crippen LogP contribution in [0, 0.1) is 0 Å². The number of rotatable bonds is 4. The smallest absolute Gasteiger partial charge is 0.0782 e. The average Bonchev–Trinajstić information content (AvgIpc) is 3.84. The van der Waals surface area contributed by atoms with E-state index in [1.807, 2.05) is 0 Å². The lowest BCUT2D eigenvalue weighted by Gasteiger charge is -2.15. The van der Waals surface area contributed by atoms with Crippen molar-refractivity contribution >= 4 is 65.4 Å². The Morgan fingerprint density at radius 2 is 0.686 bits per heavy atom. The van der Waals surface area contributed by atoms with E-state index >= 15 is 0 Å². The molecule has 0 saturated heterocycles. The summed E-state index contributed by atoms with van der Waals surface area (Å²) in [4.78, 5) is 0. The van der Waals surface area contributed by atoms with Gasteiger partial charge in [0.2, 0.25) is 0 Å². The molecule has 0 aliphatic heterocycles. The van der Waals surface area contributed by atoms with Gasteiger partial charge in [0.1, 0.15) is 0 Å². The van der Waals surface area contributed by atoms with Crippen LogP contribution in [0.1, 0.15) is 0 Å². The summed E-state index contributed by atoms with van der Waals surface area (Å²) >= 11 is 0. The maximum Gasteiger partial charge on any atom is 0.0782 e. The van der Waals surface area contributed by atoms with Crippen molar-refractivity contribution in [2.24, 2.45) is 0 Å². The minimum absolute atomic E-state index is 1.14. The molecule has 238 valence electrons. The van der Waals surface area contributed by atoms with Gasteiger partial charge in [0.25, 0.3) is 0 Å². The summed E-state index contributed by atoms with van der Waals surface area (Å²) in [6.45, 7) is 0. The first kappa shape index (κ1) is 28.0. The Labute approximate surface area is 294 Å². The third-order valence-electron chi connectivity index (χ3n) is 10.6. The molecule has 0 aliphatic rings. The van der Waals surface area contributed by atoms with Crippen molar-refractivity contribution in [3.63, 3.8) is 0 Å². The second kappa shape index (κ2) is 10.8. The van der Waals surface area contributed by atoms with Crippen LogP contribution in [0.3, 0.4) is 0 Å². The lowest BCUT2D eigenvalue weighted by molar-refractivity contribution is 1.13. The molecule has 0 unspecified atom stereocenters. The Morgan fingerprint density at radius 1 is 0.255 bits per heavy atom. The van der Waals surface area contributed by atoms with Crippen LogP contribution < -0.4 is 0 Å². The second-order valence-corrected chi connectivity index (χ2v) is 13.3. The molecule has 0 radical (unpaired) electrons. The van der Waals surface area contributed by atoms with Crippen molar-refractivity contribution in [2.45, 2.75) is 0 Å². The topological polar surface area (TPSA) is 14.8 Å². The van der Waals surface area contributed by atoms with Gasteiger partial charge in [-0.2, -0.15) is 0 Å². The number of fused-ring (bicyclic) bond motifs is 9. The molecule has 0 spiro atoms. The zero-order valence-electron chi connectivity index (χ0n) is 27.7. The third kappa shape index (κ3) is 4.00. The van der Waals surface area contributed by atoms with Crippen molar-refractivity contribution in [1.29, 1.82) is 0 Å². The summed E-state index contributed by atoms with van der Waals surface area (Å²) in [6.07, 6.45) is 0. The van der Waals surface area contributed by atoms with E-state index in [-0.39, 0.29) is 0 Å². The minimum Gasteiger partial charge on any atom is -0.309 e. The lowest BCUT2D eigenvalue weighted by Crippen LogP contribution is -2.01. The molecule has 0 aliphatic carbocycles. The van der Waals surface area contributed by atoms with E-state index in [2.05, 4.69) is 202 Å². The Hall–Kier alpha value is -6.84. The number of para-hydroxylation sites is 5. The maximum atomic E-state index is 2.48. The number of nitrogens with zero attached hydrogens (tertiary/aromatic N) is 3. The van der Waals surface area contributed by atoms with Gasteiger partial charge in [0, 0.05) is 38.0 Å². The quantitative estimate of drug-likeness (QED) is 0.180. The van der Waals surface area contributed by atoms with Crippen LogP contribution in [-0.2, 0) is 0 Å². The summed E-state index contributed by atoms with van der Waals surface area (Å²) in [5, 5.41) is 7.49. The fourth-order valence-corrected chi connectivity index (χ4v) is 8.51. The first-order chi connectivity index (χ1) is 25.3. The highest BCUT2D eigenvalue weighted by Crippen LogP contribution is 2.42. The van der Waals surface area contributed by atoms with E-state index < -0.39 is 0 Å². The van der Waals surface area contributed by atoms with Crippen molar-refractivity contribution in [1.82, 2.24) is 13.7 Å². The second-order valence-electron chi connectivity index (χ2n) is 13.3. The van der Waals surface area contributed by atoms with Crippen LogP contribution >= 0.6 is 0 Å². The van der Waals surface area contributed by atoms with E-state index in [4.69, 9.17) is 0 Å². The van der Waals surface area contributed by atoms with Gasteiger partial charge in [-0.1, -0.05) is 133 Å². The van der Waals surface area contributed by atoms with E-state index in [1.165, 1.54) is 82.2 Å². The van der Waals surface area contributed by atoms with Gasteiger partial charge in [-0.05, 0) is 65.7 Å². The van der Waals surface area contributed by atoms with Crippen LogP contribution in [0.2, 0.25) is 0 Å². The molecule has 0 saturated carbocycles. The number of hydrogen-bond donors (Lipinski definition) is 0. The Balaban J connectivity index is 1.24. The van der Waals surface area contributed by atoms with Crippen molar-refractivity contribution in [3.8, 4) is 28.2 Å². The lowest BCUT2D eigenvalue weighted by atomic mass is 10.1. The van der Waals surface area contributed by atoms with E-state index in [0.29, 0.717) is 0 Å². The molecule has 0 fully saturated rings. The van der Waals surface area contributed by atoms with Gasteiger partial charge in [-0.25, -0.2) is 0 Å². The molecule has 8 aromatic carbocycles. The van der Waals surface area contributed by atoms with Gasteiger partial charge in [-0.15, -0.1) is 0 Å². The van der Waals surface area contributed by atoms with Crippen molar-refractivity contribution < 1.29 is 0 Å². The monoisotopic (exact) mass is 649 g/mol. The molecular formula is C48H31N3. The third-order valence-corrected chi connectivity index (χ3v) is 10.6. The fourth-order valence-electron chi connectivity index (χ4n) is 8.51. The maximum absolute atomic E-state index is 2.48. The summed E-state index contributed by atoms with van der Waals surface area (Å²) in [5.41, 5.74) is 13.1. The van der Waals surface area contributed by atoms with Gasteiger partial charge >= 0.3 is 0 Å². The van der Waals surface area contributed by atoms with Crippen LogP contribution in [0.5, 0.6) is 0 Å².